The molecule has 3 N–H and O–H groups in total. The van der Waals surface area contributed by atoms with Crippen LogP contribution in [0.1, 0.15) is 0 Å². The average Bonchev–Trinajstić information content (AvgIpc) is 2.93. The molecule has 0 saturated heterocycles. The first-order chi connectivity index (χ1) is 9.28. The van der Waals surface area contributed by atoms with Gasteiger partial charge in [-0.3, -0.25) is 4.99 Å². The van der Waals surface area contributed by atoms with Crippen molar-refractivity contribution in [1.29, 1.82) is 0 Å². The Morgan fingerprint density at radius 1 is 1.42 bits per heavy atom. The number of guanidine groups is 1. The summed E-state index contributed by atoms with van der Waals surface area (Å²) in [7, 11) is 1.63. The summed E-state index contributed by atoms with van der Waals surface area (Å²) >= 11 is 0. The van der Waals surface area contributed by atoms with Gasteiger partial charge in [0.15, 0.2) is 5.96 Å². The number of hydrogen-bond donors (Lipinski definition) is 2. The molecule has 0 spiro atoms. The molecule has 0 radical (unpaired) electrons. The first kappa shape index (κ1) is 12.9. The van der Waals surface area contributed by atoms with Crippen molar-refractivity contribution < 1.29 is 4.74 Å². The number of aliphatic imine (C=N–C) groups is 1. The number of aromatic nitrogens is 2. The minimum Gasteiger partial charge on any atom is -0.497 e. The van der Waals surface area contributed by atoms with Gasteiger partial charge in [0.2, 0.25) is 0 Å². The molecule has 2 rings (SSSR count). The molecule has 1 heterocycles. The van der Waals surface area contributed by atoms with Crippen LogP contribution in [-0.4, -0.2) is 29.2 Å². The Balaban J connectivity index is 1.83. The number of nitrogens with one attached hydrogen (secondary N) is 1. The lowest BCUT2D eigenvalue weighted by molar-refractivity contribution is 0.415. The van der Waals surface area contributed by atoms with Crippen molar-refractivity contribution in [3.63, 3.8) is 0 Å². The molecule has 0 unspecified atom stereocenters. The molecule has 2 aromatic rings. The van der Waals surface area contributed by atoms with Gasteiger partial charge < -0.3 is 20.4 Å². The number of imidazole rings is 1. The monoisotopic (exact) mass is 259 g/mol. The minimum atomic E-state index is 0.394. The Bertz CT molecular complexity index is 518. The van der Waals surface area contributed by atoms with Gasteiger partial charge in [0, 0.05) is 24.6 Å². The maximum absolute atomic E-state index is 5.80. The predicted octanol–water partition coefficient (Wildman–Crippen LogP) is 1.32. The Labute approximate surface area is 111 Å². The van der Waals surface area contributed by atoms with E-state index in [1.807, 2.05) is 35.0 Å². The fourth-order valence-corrected chi connectivity index (χ4v) is 1.57. The summed E-state index contributed by atoms with van der Waals surface area (Å²) in [5.41, 5.74) is 6.68. The van der Waals surface area contributed by atoms with Crippen LogP contribution in [0, 0.1) is 0 Å². The number of nitrogens with two attached hydrogens (primary N) is 1. The van der Waals surface area contributed by atoms with Gasteiger partial charge in [0.05, 0.1) is 20.0 Å². The molecule has 0 aliphatic rings. The van der Waals surface area contributed by atoms with Crippen LogP contribution in [-0.2, 0) is 6.54 Å². The van der Waals surface area contributed by atoms with E-state index in [-0.39, 0.29) is 0 Å². The third-order valence-corrected chi connectivity index (χ3v) is 2.56. The second-order valence-corrected chi connectivity index (χ2v) is 3.92. The third-order valence-electron chi connectivity index (χ3n) is 2.56. The minimum absolute atomic E-state index is 0.394. The number of ether oxygens (including phenoxy) is 1. The topological polar surface area (TPSA) is 77.5 Å². The molecular formula is C13H17N5O. The zero-order chi connectivity index (χ0) is 13.5. The highest BCUT2D eigenvalue weighted by Crippen LogP contribution is 2.14. The largest absolute Gasteiger partial charge is 0.497 e. The van der Waals surface area contributed by atoms with E-state index in [4.69, 9.17) is 10.5 Å². The molecule has 0 aliphatic heterocycles. The third kappa shape index (κ3) is 4.02. The first-order valence-electron chi connectivity index (χ1n) is 5.94. The van der Waals surface area contributed by atoms with Gasteiger partial charge in [0.25, 0.3) is 0 Å². The molecule has 0 amide bonds. The fourth-order valence-electron chi connectivity index (χ4n) is 1.57. The van der Waals surface area contributed by atoms with Crippen LogP contribution in [0.5, 0.6) is 5.75 Å². The second kappa shape index (κ2) is 6.44. The normalized spacial score (nSPS) is 11.3. The Morgan fingerprint density at radius 3 is 2.84 bits per heavy atom. The summed E-state index contributed by atoms with van der Waals surface area (Å²) in [4.78, 5) is 8.20. The molecule has 0 saturated carbocycles. The van der Waals surface area contributed by atoms with E-state index in [9.17, 15) is 0 Å². The lowest BCUT2D eigenvalue weighted by Crippen LogP contribution is -2.23. The van der Waals surface area contributed by atoms with E-state index in [1.165, 1.54) is 0 Å². The van der Waals surface area contributed by atoms with Gasteiger partial charge >= 0.3 is 0 Å². The lowest BCUT2D eigenvalue weighted by atomic mass is 10.3. The van der Waals surface area contributed by atoms with Crippen LogP contribution in [0.15, 0.2) is 48.0 Å². The smallest absolute Gasteiger partial charge is 0.193 e. The van der Waals surface area contributed by atoms with E-state index in [1.54, 1.807) is 19.6 Å². The van der Waals surface area contributed by atoms with E-state index in [2.05, 4.69) is 15.3 Å². The van der Waals surface area contributed by atoms with E-state index >= 15 is 0 Å². The number of benzene rings is 1. The maximum Gasteiger partial charge on any atom is 0.193 e. The summed E-state index contributed by atoms with van der Waals surface area (Å²) in [5.74, 6) is 1.20. The number of hydrogen-bond acceptors (Lipinski definition) is 3. The van der Waals surface area contributed by atoms with Crippen LogP contribution < -0.4 is 15.8 Å². The van der Waals surface area contributed by atoms with E-state index < -0.39 is 0 Å². The SMILES string of the molecule is COc1ccc(NC(N)=NCCn2ccnc2)cc1. The summed E-state index contributed by atoms with van der Waals surface area (Å²) in [6.45, 7) is 1.36. The van der Waals surface area contributed by atoms with Crippen molar-refractivity contribution >= 4 is 11.6 Å². The fraction of sp³-hybridized carbons (Fsp3) is 0.231. The molecule has 0 bridgehead atoms. The Morgan fingerprint density at radius 2 is 2.21 bits per heavy atom. The van der Waals surface area contributed by atoms with Crippen LogP contribution in [0.3, 0.4) is 0 Å². The highest BCUT2D eigenvalue weighted by molar-refractivity contribution is 5.92. The van der Waals surface area contributed by atoms with E-state index in [0.717, 1.165) is 18.0 Å². The van der Waals surface area contributed by atoms with Crippen molar-refractivity contribution in [2.24, 2.45) is 10.7 Å². The van der Waals surface area contributed by atoms with Gasteiger partial charge in [0.1, 0.15) is 5.75 Å². The molecule has 6 nitrogen and oxygen atoms in total. The summed E-state index contributed by atoms with van der Waals surface area (Å²) < 4.78 is 7.03. The maximum atomic E-state index is 5.80. The van der Waals surface area contributed by atoms with Crippen molar-refractivity contribution in [3.05, 3.63) is 43.0 Å². The molecule has 0 fully saturated rings. The molecule has 100 valence electrons. The van der Waals surface area contributed by atoms with Crippen LogP contribution in [0.2, 0.25) is 0 Å². The van der Waals surface area contributed by atoms with Gasteiger partial charge in [-0.1, -0.05) is 0 Å². The quantitative estimate of drug-likeness (QED) is 0.627. The summed E-state index contributed by atoms with van der Waals surface area (Å²) in [6, 6.07) is 7.50. The molecule has 6 heteroatoms. The number of methoxy groups -OCH3 is 1. The van der Waals surface area contributed by atoms with Crippen LogP contribution in [0.25, 0.3) is 0 Å². The molecule has 0 atom stereocenters. The van der Waals surface area contributed by atoms with Crippen molar-refractivity contribution in [2.75, 3.05) is 19.0 Å². The molecule has 0 aliphatic carbocycles. The number of nitrogens with zero attached hydrogens (tertiary/aromatic N) is 3. The zero-order valence-electron chi connectivity index (χ0n) is 10.8. The predicted molar refractivity (Wildman–Crippen MR) is 75.3 cm³/mol. The number of rotatable bonds is 5. The first-order valence-corrected chi connectivity index (χ1v) is 5.94. The molecule has 19 heavy (non-hydrogen) atoms. The Hall–Kier alpha value is -2.50. The lowest BCUT2D eigenvalue weighted by Gasteiger charge is -2.06. The highest BCUT2D eigenvalue weighted by atomic mass is 16.5. The van der Waals surface area contributed by atoms with Gasteiger partial charge in [-0.15, -0.1) is 0 Å². The standard InChI is InChI=1S/C13H17N5O/c1-19-12-4-2-11(3-5-12)17-13(14)16-7-9-18-8-6-15-10-18/h2-6,8,10H,7,9H2,1H3,(H3,14,16,17). The summed E-state index contributed by atoms with van der Waals surface area (Å²) in [5, 5.41) is 3.02. The Kier molecular flexibility index (Phi) is 4.39. The zero-order valence-corrected chi connectivity index (χ0v) is 10.8. The van der Waals surface area contributed by atoms with Gasteiger partial charge in [-0.25, -0.2) is 4.98 Å². The van der Waals surface area contributed by atoms with Gasteiger partial charge in [-0.05, 0) is 24.3 Å². The van der Waals surface area contributed by atoms with Crippen molar-refractivity contribution in [2.45, 2.75) is 6.54 Å². The molecular weight excluding hydrogens is 242 g/mol. The number of anilines is 1. The van der Waals surface area contributed by atoms with Crippen molar-refractivity contribution in [1.82, 2.24) is 9.55 Å². The van der Waals surface area contributed by atoms with Crippen LogP contribution >= 0.6 is 0 Å². The molecule has 1 aromatic heterocycles. The summed E-state index contributed by atoms with van der Waals surface area (Å²) in [6.07, 6.45) is 5.38. The van der Waals surface area contributed by atoms with Gasteiger partial charge in [-0.2, -0.15) is 0 Å². The molecule has 1 aromatic carbocycles. The van der Waals surface area contributed by atoms with E-state index in [0.29, 0.717) is 12.5 Å². The second-order valence-electron chi connectivity index (χ2n) is 3.92. The van der Waals surface area contributed by atoms with Crippen molar-refractivity contribution in [3.8, 4) is 5.75 Å². The average molecular weight is 259 g/mol. The highest BCUT2D eigenvalue weighted by Gasteiger charge is 1.96. The van der Waals surface area contributed by atoms with Crippen LogP contribution in [0.4, 0.5) is 5.69 Å².